The Hall–Kier alpha value is -0.860. The van der Waals surface area contributed by atoms with Crippen LogP contribution in [0, 0.1) is 0 Å². The van der Waals surface area contributed by atoms with Gasteiger partial charge < -0.3 is 11.1 Å². The average molecular weight is 192 g/mol. The Morgan fingerprint density at radius 3 is 2.43 bits per heavy atom. The number of nitrogens with one attached hydrogen (secondary N) is 1. The van der Waals surface area contributed by atoms with E-state index in [0.717, 1.165) is 6.42 Å². The second-order valence-corrected chi connectivity index (χ2v) is 3.67. The van der Waals surface area contributed by atoms with Gasteiger partial charge in [-0.25, -0.2) is 0 Å². The van der Waals surface area contributed by atoms with Crippen molar-refractivity contribution >= 4 is 0 Å². The molecular formula is C12H20N2. The normalized spacial score (nSPS) is 15.1. The fourth-order valence-electron chi connectivity index (χ4n) is 1.45. The van der Waals surface area contributed by atoms with Crippen molar-refractivity contribution in [1.82, 2.24) is 5.32 Å². The number of nitrogens with two attached hydrogens (primary N) is 1. The summed E-state index contributed by atoms with van der Waals surface area (Å²) in [5, 5.41) is 3.51. The van der Waals surface area contributed by atoms with Crippen molar-refractivity contribution in [3.05, 3.63) is 35.9 Å². The fraction of sp³-hybridized carbons (Fsp3) is 0.500. The van der Waals surface area contributed by atoms with Gasteiger partial charge in [-0.05, 0) is 18.9 Å². The molecule has 1 aromatic rings. The molecule has 0 fully saturated rings. The maximum absolute atomic E-state index is 5.75. The van der Waals surface area contributed by atoms with Crippen LogP contribution >= 0.6 is 0 Å². The zero-order valence-corrected chi connectivity index (χ0v) is 9.03. The Morgan fingerprint density at radius 1 is 1.29 bits per heavy atom. The highest BCUT2D eigenvalue weighted by molar-refractivity contribution is 5.19. The Balaban J connectivity index is 2.63. The second-order valence-electron chi connectivity index (χ2n) is 3.67. The lowest BCUT2D eigenvalue weighted by molar-refractivity contribution is 0.452. The molecule has 0 radical (unpaired) electrons. The van der Waals surface area contributed by atoms with Gasteiger partial charge in [-0.1, -0.05) is 37.3 Å². The van der Waals surface area contributed by atoms with Gasteiger partial charge in [-0.3, -0.25) is 0 Å². The van der Waals surface area contributed by atoms with Crippen molar-refractivity contribution in [3.63, 3.8) is 0 Å². The highest BCUT2D eigenvalue weighted by Crippen LogP contribution is 2.12. The van der Waals surface area contributed by atoms with Crippen LogP contribution in [-0.2, 0) is 0 Å². The molecule has 0 saturated heterocycles. The first kappa shape index (κ1) is 11.2. The van der Waals surface area contributed by atoms with Gasteiger partial charge >= 0.3 is 0 Å². The van der Waals surface area contributed by atoms with Crippen molar-refractivity contribution in [2.75, 3.05) is 6.54 Å². The minimum absolute atomic E-state index is 0.283. The molecule has 0 aliphatic heterocycles. The number of hydrogen-bond donors (Lipinski definition) is 2. The van der Waals surface area contributed by atoms with Crippen LogP contribution in [0.2, 0.25) is 0 Å². The van der Waals surface area contributed by atoms with Gasteiger partial charge in [0.2, 0.25) is 0 Å². The smallest absolute Gasteiger partial charge is 0.0446 e. The van der Waals surface area contributed by atoms with Crippen molar-refractivity contribution in [2.45, 2.75) is 32.4 Å². The van der Waals surface area contributed by atoms with E-state index in [9.17, 15) is 0 Å². The van der Waals surface area contributed by atoms with Gasteiger partial charge in [-0.15, -0.1) is 0 Å². The molecule has 0 saturated carbocycles. The molecule has 0 aliphatic carbocycles. The van der Waals surface area contributed by atoms with Crippen molar-refractivity contribution in [1.29, 1.82) is 0 Å². The molecule has 78 valence electrons. The molecule has 1 rings (SSSR count). The van der Waals surface area contributed by atoms with E-state index in [-0.39, 0.29) is 6.04 Å². The van der Waals surface area contributed by atoms with Gasteiger partial charge in [-0.2, -0.15) is 0 Å². The first-order valence-electron chi connectivity index (χ1n) is 5.29. The van der Waals surface area contributed by atoms with E-state index in [1.165, 1.54) is 5.56 Å². The molecule has 2 unspecified atom stereocenters. The first-order chi connectivity index (χ1) is 6.77. The molecule has 2 atom stereocenters. The quantitative estimate of drug-likeness (QED) is 0.749. The fourth-order valence-corrected chi connectivity index (χ4v) is 1.45. The van der Waals surface area contributed by atoms with E-state index in [4.69, 9.17) is 5.73 Å². The van der Waals surface area contributed by atoms with Crippen LogP contribution in [0.3, 0.4) is 0 Å². The van der Waals surface area contributed by atoms with Crippen molar-refractivity contribution < 1.29 is 0 Å². The molecule has 1 aromatic carbocycles. The summed E-state index contributed by atoms with van der Waals surface area (Å²) in [5.74, 6) is 0. The van der Waals surface area contributed by atoms with E-state index in [0.29, 0.717) is 12.6 Å². The van der Waals surface area contributed by atoms with Crippen LogP contribution in [0.25, 0.3) is 0 Å². The third kappa shape index (κ3) is 3.13. The van der Waals surface area contributed by atoms with Crippen LogP contribution in [0.4, 0.5) is 0 Å². The Kier molecular flexibility index (Phi) is 4.63. The maximum Gasteiger partial charge on any atom is 0.0446 e. The van der Waals surface area contributed by atoms with Crippen LogP contribution < -0.4 is 11.1 Å². The molecule has 14 heavy (non-hydrogen) atoms. The lowest BCUT2D eigenvalue weighted by Crippen LogP contribution is -2.34. The zero-order valence-electron chi connectivity index (χ0n) is 9.03. The molecule has 0 aromatic heterocycles. The molecule has 0 heterocycles. The van der Waals surface area contributed by atoms with Gasteiger partial charge in [0.25, 0.3) is 0 Å². The van der Waals surface area contributed by atoms with Gasteiger partial charge in [0.1, 0.15) is 0 Å². The predicted molar refractivity (Wildman–Crippen MR) is 61.1 cm³/mol. The molecular weight excluding hydrogens is 172 g/mol. The average Bonchev–Trinajstić information content (AvgIpc) is 2.26. The van der Waals surface area contributed by atoms with Crippen LogP contribution in [-0.4, -0.2) is 12.6 Å². The molecule has 0 bridgehead atoms. The Morgan fingerprint density at radius 2 is 1.93 bits per heavy atom. The number of benzene rings is 1. The monoisotopic (exact) mass is 192 g/mol. The summed E-state index contributed by atoms with van der Waals surface area (Å²) in [4.78, 5) is 0. The van der Waals surface area contributed by atoms with E-state index in [2.05, 4.69) is 43.4 Å². The summed E-state index contributed by atoms with van der Waals surface area (Å²) >= 11 is 0. The Bertz CT molecular complexity index is 246. The molecule has 0 amide bonds. The van der Waals surface area contributed by atoms with E-state index in [1.54, 1.807) is 0 Å². The zero-order chi connectivity index (χ0) is 10.4. The standard InChI is InChI=1S/C12H20N2/c1-3-10(2)14-12(9-13)11-7-5-4-6-8-11/h4-8,10,12,14H,3,9,13H2,1-2H3. The SMILES string of the molecule is CCC(C)NC(CN)c1ccccc1. The summed E-state index contributed by atoms with van der Waals surface area (Å²) in [5.41, 5.74) is 7.02. The van der Waals surface area contributed by atoms with Gasteiger partial charge in [0.05, 0.1) is 0 Å². The third-order valence-corrected chi connectivity index (χ3v) is 2.54. The summed E-state index contributed by atoms with van der Waals surface area (Å²) in [7, 11) is 0. The summed E-state index contributed by atoms with van der Waals surface area (Å²) in [6.45, 7) is 5.01. The first-order valence-corrected chi connectivity index (χ1v) is 5.29. The summed E-state index contributed by atoms with van der Waals surface area (Å²) in [6, 6.07) is 11.2. The molecule has 2 heteroatoms. The van der Waals surface area contributed by atoms with Crippen LogP contribution in [0.5, 0.6) is 0 Å². The second kappa shape index (κ2) is 5.78. The van der Waals surface area contributed by atoms with Crippen LogP contribution in [0.1, 0.15) is 31.9 Å². The number of hydrogen-bond acceptors (Lipinski definition) is 2. The minimum atomic E-state index is 0.283. The summed E-state index contributed by atoms with van der Waals surface area (Å²) in [6.07, 6.45) is 1.13. The molecule has 3 N–H and O–H groups in total. The number of rotatable bonds is 5. The lowest BCUT2D eigenvalue weighted by atomic mass is 10.1. The third-order valence-electron chi connectivity index (χ3n) is 2.54. The van der Waals surface area contributed by atoms with Crippen molar-refractivity contribution in [3.8, 4) is 0 Å². The van der Waals surface area contributed by atoms with Gasteiger partial charge in [0, 0.05) is 18.6 Å². The van der Waals surface area contributed by atoms with Crippen molar-refractivity contribution in [2.24, 2.45) is 5.73 Å². The predicted octanol–water partition coefficient (Wildman–Crippen LogP) is 2.07. The Labute approximate surface area is 86.5 Å². The van der Waals surface area contributed by atoms with Crippen LogP contribution in [0.15, 0.2) is 30.3 Å². The van der Waals surface area contributed by atoms with E-state index in [1.807, 2.05) is 6.07 Å². The highest BCUT2D eigenvalue weighted by Gasteiger charge is 2.10. The minimum Gasteiger partial charge on any atom is -0.329 e. The maximum atomic E-state index is 5.75. The molecule has 0 aliphatic rings. The van der Waals surface area contributed by atoms with Gasteiger partial charge in [0.15, 0.2) is 0 Å². The largest absolute Gasteiger partial charge is 0.329 e. The topological polar surface area (TPSA) is 38.0 Å². The molecule has 2 nitrogen and oxygen atoms in total. The molecule has 0 spiro atoms. The lowest BCUT2D eigenvalue weighted by Gasteiger charge is -2.21. The van der Waals surface area contributed by atoms with E-state index < -0.39 is 0 Å². The summed E-state index contributed by atoms with van der Waals surface area (Å²) < 4.78 is 0. The van der Waals surface area contributed by atoms with E-state index >= 15 is 0 Å². The highest BCUT2D eigenvalue weighted by atomic mass is 15.0.